The van der Waals surface area contributed by atoms with Gasteiger partial charge in [-0.25, -0.2) is 0 Å². The normalized spacial score (nSPS) is 15.5. The monoisotopic (exact) mass is 433 g/mol. The van der Waals surface area contributed by atoms with E-state index in [1.54, 1.807) is 61.9 Å². The summed E-state index contributed by atoms with van der Waals surface area (Å²) in [6, 6.07) is 15.6. The summed E-state index contributed by atoms with van der Waals surface area (Å²) >= 11 is 6.05. The molecule has 1 aliphatic rings. The van der Waals surface area contributed by atoms with E-state index in [0.717, 1.165) is 11.1 Å². The van der Waals surface area contributed by atoms with Crippen molar-refractivity contribution >= 4 is 34.9 Å². The summed E-state index contributed by atoms with van der Waals surface area (Å²) in [5.41, 5.74) is 2.91. The number of rotatable bonds is 5. The number of hydrogen-bond donors (Lipinski definition) is 1. The van der Waals surface area contributed by atoms with Gasteiger partial charge in [0, 0.05) is 42.1 Å². The molecule has 3 aromatic rings. The van der Waals surface area contributed by atoms with Crippen LogP contribution in [0.15, 0.2) is 67.0 Å². The number of hydrogen-bond acceptors (Lipinski definition) is 4. The molecule has 31 heavy (non-hydrogen) atoms. The van der Waals surface area contributed by atoms with Crippen LogP contribution in [0.2, 0.25) is 5.02 Å². The van der Waals surface area contributed by atoms with E-state index in [2.05, 4.69) is 10.3 Å². The first kappa shape index (κ1) is 20.8. The van der Waals surface area contributed by atoms with Crippen molar-refractivity contribution in [1.29, 1.82) is 0 Å². The van der Waals surface area contributed by atoms with E-state index in [9.17, 15) is 14.4 Å². The molecule has 2 amide bonds. The number of nitrogens with one attached hydrogen (secondary N) is 1. The minimum absolute atomic E-state index is 0.249. The van der Waals surface area contributed by atoms with Crippen LogP contribution in [0.1, 0.15) is 31.8 Å². The number of aromatic nitrogens is 1. The third-order valence-corrected chi connectivity index (χ3v) is 5.57. The summed E-state index contributed by atoms with van der Waals surface area (Å²) in [5, 5.41) is 3.38. The second kappa shape index (κ2) is 8.70. The fourth-order valence-corrected chi connectivity index (χ4v) is 3.90. The number of carbonyl (C=O) groups is 3. The van der Waals surface area contributed by atoms with Crippen LogP contribution < -0.4 is 10.2 Å². The van der Waals surface area contributed by atoms with Gasteiger partial charge in [-0.3, -0.25) is 19.4 Å². The van der Waals surface area contributed by atoms with Gasteiger partial charge >= 0.3 is 0 Å². The van der Waals surface area contributed by atoms with Gasteiger partial charge in [-0.05, 0) is 53.9 Å². The largest absolute Gasteiger partial charge is 0.348 e. The summed E-state index contributed by atoms with van der Waals surface area (Å²) in [4.78, 5) is 44.2. The Labute approximate surface area is 184 Å². The molecule has 6 nitrogen and oxygen atoms in total. The van der Waals surface area contributed by atoms with E-state index < -0.39 is 5.92 Å². The topological polar surface area (TPSA) is 79.4 Å². The number of amides is 2. The highest BCUT2D eigenvalue weighted by atomic mass is 35.5. The van der Waals surface area contributed by atoms with Crippen LogP contribution >= 0.6 is 11.6 Å². The van der Waals surface area contributed by atoms with Gasteiger partial charge in [0.05, 0.1) is 5.69 Å². The zero-order valence-electron chi connectivity index (χ0n) is 16.8. The average molecular weight is 434 g/mol. The number of pyridine rings is 1. The van der Waals surface area contributed by atoms with Crippen LogP contribution in [0, 0.1) is 5.92 Å². The number of benzene rings is 2. The summed E-state index contributed by atoms with van der Waals surface area (Å²) in [7, 11) is 1.64. The zero-order valence-corrected chi connectivity index (χ0v) is 17.6. The molecule has 1 unspecified atom stereocenters. The lowest BCUT2D eigenvalue weighted by Crippen LogP contribution is -2.43. The Kier molecular flexibility index (Phi) is 5.82. The Balaban J connectivity index is 1.57. The average Bonchev–Trinajstić information content (AvgIpc) is 2.79. The van der Waals surface area contributed by atoms with E-state index >= 15 is 0 Å². The quantitative estimate of drug-likeness (QED) is 0.622. The molecule has 0 fully saturated rings. The van der Waals surface area contributed by atoms with Gasteiger partial charge in [0.1, 0.15) is 5.92 Å². The molecule has 4 rings (SSSR count). The third-order valence-electron chi connectivity index (χ3n) is 5.34. The number of fused-ring (bicyclic) bond motifs is 1. The summed E-state index contributed by atoms with van der Waals surface area (Å²) in [6.07, 6.45) is 3.59. The number of anilines is 1. The predicted molar refractivity (Wildman–Crippen MR) is 118 cm³/mol. The molecule has 1 atom stereocenters. The zero-order chi connectivity index (χ0) is 22.0. The lowest BCUT2D eigenvalue weighted by molar-refractivity contribution is -0.120. The van der Waals surface area contributed by atoms with Gasteiger partial charge in [0.25, 0.3) is 5.91 Å². The molecule has 2 aromatic carbocycles. The first-order valence-electron chi connectivity index (χ1n) is 9.81. The summed E-state index contributed by atoms with van der Waals surface area (Å²) in [5.74, 6) is -1.72. The molecule has 156 valence electrons. The highest BCUT2D eigenvalue weighted by Gasteiger charge is 2.38. The van der Waals surface area contributed by atoms with E-state index in [4.69, 9.17) is 11.6 Å². The van der Waals surface area contributed by atoms with Crippen molar-refractivity contribution in [2.75, 3.05) is 11.9 Å². The molecular weight excluding hydrogens is 414 g/mol. The fourth-order valence-electron chi connectivity index (χ4n) is 3.69. The lowest BCUT2D eigenvalue weighted by Gasteiger charge is -2.30. The van der Waals surface area contributed by atoms with Gasteiger partial charge in [-0.2, -0.15) is 0 Å². The van der Waals surface area contributed by atoms with Crippen molar-refractivity contribution in [2.45, 2.75) is 13.0 Å². The first-order valence-corrected chi connectivity index (χ1v) is 10.2. The number of carbonyl (C=O) groups excluding carboxylic acids is 3. The first-order chi connectivity index (χ1) is 14.9. The Bertz CT molecular complexity index is 1160. The van der Waals surface area contributed by atoms with Crippen molar-refractivity contribution < 1.29 is 14.4 Å². The minimum atomic E-state index is -0.857. The SMILES string of the molecule is CN1C(=O)C(Cc2cccc(Cl)c2)C(=O)c2cc(C(=O)NCc3cccnc3)ccc21. The van der Waals surface area contributed by atoms with Crippen LogP contribution in [0.3, 0.4) is 0 Å². The van der Waals surface area contributed by atoms with E-state index in [-0.39, 0.29) is 24.0 Å². The number of ketones is 1. The Morgan fingerprint density at radius 1 is 1.10 bits per heavy atom. The molecule has 0 saturated carbocycles. The van der Waals surface area contributed by atoms with Crippen LogP contribution in [-0.4, -0.2) is 29.6 Å². The predicted octanol–water partition coefficient (Wildman–Crippen LogP) is 3.68. The van der Waals surface area contributed by atoms with Crippen molar-refractivity contribution in [1.82, 2.24) is 10.3 Å². The Morgan fingerprint density at radius 2 is 1.90 bits per heavy atom. The maximum Gasteiger partial charge on any atom is 0.251 e. The maximum absolute atomic E-state index is 13.2. The van der Waals surface area contributed by atoms with Crippen LogP contribution in [0.25, 0.3) is 0 Å². The van der Waals surface area contributed by atoms with Crippen molar-refractivity contribution in [3.05, 3.63) is 94.3 Å². The van der Waals surface area contributed by atoms with Gasteiger partial charge in [-0.15, -0.1) is 0 Å². The molecule has 7 heteroatoms. The second-order valence-electron chi connectivity index (χ2n) is 7.42. The number of nitrogens with zero attached hydrogens (tertiary/aromatic N) is 2. The molecule has 1 aliphatic heterocycles. The van der Waals surface area contributed by atoms with Gasteiger partial charge in [-0.1, -0.05) is 29.8 Å². The van der Waals surface area contributed by atoms with E-state index in [0.29, 0.717) is 28.4 Å². The molecule has 1 aromatic heterocycles. The Morgan fingerprint density at radius 3 is 2.65 bits per heavy atom. The summed E-state index contributed by atoms with van der Waals surface area (Å²) < 4.78 is 0. The summed E-state index contributed by atoms with van der Waals surface area (Å²) in [6.45, 7) is 0.327. The maximum atomic E-state index is 13.2. The van der Waals surface area contributed by atoms with Crippen LogP contribution in [-0.2, 0) is 17.8 Å². The number of Topliss-reactive ketones (excluding diaryl/α,β-unsaturated/α-hetero) is 1. The fraction of sp³-hybridized carbons (Fsp3) is 0.167. The molecule has 0 aliphatic carbocycles. The minimum Gasteiger partial charge on any atom is -0.348 e. The van der Waals surface area contributed by atoms with Gasteiger partial charge in [0.2, 0.25) is 5.91 Å². The third kappa shape index (κ3) is 4.34. The molecule has 0 saturated heterocycles. The van der Waals surface area contributed by atoms with Gasteiger partial charge < -0.3 is 10.2 Å². The number of halogens is 1. The highest BCUT2D eigenvalue weighted by Crippen LogP contribution is 2.32. The molecule has 2 heterocycles. The van der Waals surface area contributed by atoms with Crippen molar-refractivity contribution in [2.24, 2.45) is 5.92 Å². The second-order valence-corrected chi connectivity index (χ2v) is 7.86. The smallest absolute Gasteiger partial charge is 0.251 e. The standard InChI is InChI=1S/C24H20ClN3O3/c1-28-21-8-7-17(23(30)27-14-16-5-3-9-26-13-16)12-19(21)22(29)20(24(28)31)11-15-4-2-6-18(25)10-15/h2-10,12-13,20H,11,14H2,1H3,(H,27,30). The van der Waals surface area contributed by atoms with Gasteiger partial charge in [0.15, 0.2) is 5.78 Å². The van der Waals surface area contributed by atoms with Crippen molar-refractivity contribution in [3.8, 4) is 0 Å². The van der Waals surface area contributed by atoms with Crippen LogP contribution in [0.5, 0.6) is 0 Å². The molecule has 0 radical (unpaired) electrons. The molecule has 0 spiro atoms. The van der Waals surface area contributed by atoms with Crippen LogP contribution in [0.4, 0.5) is 5.69 Å². The Hall–Kier alpha value is -3.51. The van der Waals surface area contributed by atoms with E-state index in [1.165, 1.54) is 4.90 Å². The molecule has 1 N–H and O–H groups in total. The van der Waals surface area contributed by atoms with Crippen molar-refractivity contribution in [3.63, 3.8) is 0 Å². The van der Waals surface area contributed by atoms with E-state index in [1.807, 2.05) is 12.1 Å². The highest BCUT2D eigenvalue weighted by molar-refractivity contribution is 6.30. The lowest BCUT2D eigenvalue weighted by atomic mass is 9.85. The molecule has 0 bridgehead atoms. The molecular formula is C24H20ClN3O3.